The molecular formula is C24H28. The van der Waals surface area contributed by atoms with Crippen molar-refractivity contribution in [3.63, 3.8) is 0 Å². The molecular weight excluding hydrogens is 288 g/mol. The van der Waals surface area contributed by atoms with Gasteiger partial charge in [0.25, 0.3) is 0 Å². The number of rotatable bonds is 4. The summed E-state index contributed by atoms with van der Waals surface area (Å²) in [7, 11) is 0. The molecule has 2 aromatic carbocycles. The molecule has 0 nitrogen and oxygen atoms in total. The summed E-state index contributed by atoms with van der Waals surface area (Å²) in [6, 6.07) is 18.0. The van der Waals surface area contributed by atoms with Crippen LogP contribution in [-0.4, -0.2) is 0 Å². The molecule has 0 N–H and O–H groups in total. The normalized spacial score (nSPS) is 20.2. The van der Waals surface area contributed by atoms with Gasteiger partial charge in [-0.3, -0.25) is 0 Å². The fourth-order valence-corrected chi connectivity index (χ4v) is 4.28. The number of hydrogen-bond acceptors (Lipinski definition) is 0. The molecule has 0 fully saturated rings. The molecule has 3 rings (SSSR count). The number of allylic oxidation sites excluding steroid dienone is 4. The minimum atomic E-state index is 1.08. The van der Waals surface area contributed by atoms with Gasteiger partial charge in [-0.25, -0.2) is 0 Å². The van der Waals surface area contributed by atoms with Crippen LogP contribution in [0, 0.1) is 0 Å². The Labute approximate surface area is 146 Å². The minimum Gasteiger partial charge on any atom is -0.0616 e. The van der Waals surface area contributed by atoms with Crippen LogP contribution in [0.3, 0.4) is 0 Å². The second kappa shape index (κ2) is 7.21. The lowest BCUT2D eigenvalue weighted by molar-refractivity contribution is 1.14. The maximum absolute atomic E-state index is 2.32. The van der Waals surface area contributed by atoms with Crippen molar-refractivity contribution in [3.8, 4) is 0 Å². The first-order chi connectivity index (χ1) is 11.8. The zero-order chi connectivity index (χ0) is 17.1. The van der Waals surface area contributed by atoms with Crippen molar-refractivity contribution in [2.24, 2.45) is 0 Å². The Morgan fingerprint density at radius 1 is 0.417 bits per heavy atom. The van der Waals surface area contributed by atoms with Gasteiger partial charge in [0.1, 0.15) is 0 Å². The van der Waals surface area contributed by atoms with Gasteiger partial charge < -0.3 is 0 Å². The summed E-state index contributed by atoms with van der Waals surface area (Å²) in [5.74, 6) is 0. The Hall–Kier alpha value is -2.08. The van der Waals surface area contributed by atoms with E-state index in [9.17, 15) is 0 Å². The van der Waals surface area contributed by atoms with E-state index in [4.69, 9.17) is 0 Å². The molecule has 24 heavy (non-hydrogen) atoms. The smallest absolute Gasteiger partial charge is 0.0146 e. The third kappa shape index (κ3) is 2.65. The van der Waals surface area contributed by atoms with Crippen molar-refractivity contribution in [1.82, 2.24) is 0 Å². The van der Waals surface area contributed by atoms with E-state index in [2.05, 4.69) is 76.2 Å². The van der Waals surface area contributed by atoms with Gasteiger partial charge in [-0.1, -0.05) is 76.2 Å². The molecule has 0 aromatic heterocycles. The van der Waals surface area contributed by atoms with E-state index in [1.54, 1.807) is 0 Å². The van der Waals surface area contributed by atoms with Crippen molar-refractivity contribution in [2.75, 3.05) is 0 Å². The maximum Gasteiger partial charge on any atom is -0.0146 e. The predicted octanol–water partition coefficient (Wildman–Crippen LogP) is 7.46. The topological polar surface area (TPSA) is 0 Å². The highest BCUT2D eigenvalue weighted by molar-refractivity contribution is 6.04. The molecule has 2 aromatic rings. The molecule has 0 saturated carbocycles. The molecule has 0 aliphatic heterocycles. The van der Waals surface area contributed by atoms with Gasteiger partial charge in [0, 0.05) is 0 Å². The monoisotopic (exact) mass is 316 g/mol. The molecule has 124 valence electrons. The number of fused-ring (bicyclic) bond motifs is 2. The van der Waals surface area contributed by atoms with Crippen molar-refractivity contribution in [3.05, 3.63) is 70.8 Å². The van der Waals surface area contributed by atoms with Crippen molar-refractivity contribution in [1.29, 1.82) is 0 Å². The molecule has 1 aliphatic carbocycles. The Morgan fingerprint density at radius 3 is 0.792 bits per heavy atom. The van der Waals surface area contributed by atoms with Gasteiger partial charge in [-0.15, -0.1) is 0 Å². The average Bonchev–Trinajstić information content (AvgIpc) is 2.63. The van der Waals surface area contributed by atoms with Crippen LogP contribution in [0.25, 0.3) is 22.3 Å². The van der Waals surface area contributed by atoms with E-state index in [0.29, 0.717) is 0 Å². The molecule has 0 saturated heterocycles. The van der Waals surface area contributed by atoms with E-state index in [0.717, 1.165) is 25.7 Å². The van der Waals surface area contributed by atoms with Crippen LogP contribution in [0.15, 0.2) is 48.5 Å². The van der Waals surface area contributed by atoms with Crippen LogP contribution >= 0.6 is 0 Å². The number of hydrogen-bond donors (Lipinski definition) is 0. The highest BCUT2D eigenvalue weighted by atomic mass is 14.3. The second-order valence-electron chi connectivity index (χ2n) is 6.42. The summed E-state index contributed by atoms with van der Waals surface area (Å²) in [6.07, 6.45) is 4.31. The molecule has 0 spiro atoms. The van der Waals surface area contributed by atoms with Gasteiger partial charge in [0.2, 0.25) is 0 Å². The predicted molar refractivity (Wildman–Crippen MR) is 108 cm³/mol. The Morgan fingerprint density at radius 2 is 0.625 bits per heavy atom. The van der Waals surface area contributed by atoms with Crippen LogP contribution < -0.4 is 0 Å². The standard InChI is InChI=1S/C24H28/c1-5-17-18(6-2)22-14-11-12-16-24(22)20(8-4)19(7-3)23-15-10-9-13-21(17)23/h9-16H,5-8H2,1-4H3/b18-17-,20-19-,21-17?,22-18?,23-19?,24-20?. The van der Waals surface area contributed by atoms with Crippen LogP contribution in [0.2, 0.25) is 0 Å². The highest BCUT2D eigenvalue weighted by Gasteiger charge is 2.22. The third-order valence-corrected chi connectivity index (χ3v) is 5.30. The lowest BCUT2D eigenvalue weighted by Gasteiger charge is -2.26. The van der Waals surface area contributed by atoms with Crippen LogP contribution in [0.4, 0.5) is 0 Å². The average molecular weight is 316 g/mol. The summed E-state index contributed by atoms with van der Waals surface area (Å²) in [6.45, 7) is 9.17. The molecule has 1 aliphatic rings. The molecule has 0 heterocycles. The molecule has 0 atom stereocenters. The molecule has 0 unspecified atom stereocenters. The lowest BCUT2D eigenvalue weighted by Crippen LogP contribution is -2.04. The summed E-state index contributed by atoms with van der Waals surface area (Å²) in [5.41, 5.74) is 11.8. The summed E-state index contributed by atoms with van der Waals surface area (Å²) in [4.78, 5) is 0. The first-order valence-electron chi connectivity index (χ1n) is 9.40. The maximum atomic E-state index is 2.32. The third-order valence-electron chi connectivity index (χ3n) is 5.30. The summed E-state index contributed by atoms with van der Waals surface area (Å²) in [5, 5.41) is 0. The summed E-state index contributed by atoms with van der Waals surface area (Å²) >= 11 is 0. The largest absolute Gasteiger partial charge is 0.0616 e. The van der Waals surface area contributed by atoms with E-state index in [1.165, 1.54) is 44.5 Å². The van der Waals surface area contributed by atoms with Crippen LogP contribution in [-0.2, 0) is 0 Å². The van der Waals surface area contributed by atoms with Crippen molar-refractivity contribution < 1.29 is 0 Å². The fourth-order valence-electron chi connectivity index (χ4n) is 4.28. The molecule has 0 radical (unpaired) electrons. The Kier molecular flexibility index (Phi) is 5.04. The second-order valence-corrected chi connectivity index (χ2v) is 6.42. The summed E-state index contributed by atoms with van der Waals surface area (Å²) < 4.78 is 0. The van der Waals surface area contributed by atoms with Gasteiger partial charge in [-0.05, 0) is 70.2 Å². The Balaban J connectivity index is 2.49. The fraction of sp³-hybridized carbons (Fsp3) is 0.333. The SMILES string of the molecule is CC/C1=C(\CC)c2ccccc2/C(CC)=C(/CC)c2ccccc21. The van der Waals surface area contributed by atoms with Gasteiger partial charge in [-0.2, -0.15) is 0 Å². The zero-order valence-electron chi connectivity index (χ0n) is 15.4. The van der Waals surface area contributed by atoms with Crippen molar-refractivity contribution in [2.45, 2.75) is 53.4 Å². The van der Waals surface area contributed by atoms with Gasteiger partial charge in [0.05, 0.1) is 0 Å². The molecule has 0 bridgehead atoms. The number of benzene rings is 2. The Bertz CT molecular complexity index is 667. The first kappa shape index (κ1) is 16.8. The zero-order valence-corrected chi connectivity index (χ0v) is 15.4. The van der Waals surface area contributed by atoms with Gasteiger partial charge >= 0.3 is 0 Å². The van der Waals surface area contributed by atoms with Gasteiger partial charge in [0.15, 0.2) is 0 Å². The van der Waals surface area contributed by atoms with E-state index in [1.807, 2.05) is 0 Å². The van der Waals surface area contributed by atoms with Crippen LogP contribution in [0.5, 0.6) is 0 Å². The minimum absolute atomic E-state index is 1.08. The van der Waals surface area contributed by atoms with E-state index < -0.39 is 0 Å². The molecule has 0 amide bonds. The highest BCUT2D eigenvalue weighted by Crippen LogP contribution is 2.44. The quantitative estimate of drug-likeness (QED) is 0.549. The van der Waals surface area contributed by atoms with E-state index in [-0.39, 0.29) is 0 Å². The van der Waals surface area contributed by atoms with E-state index >= 15 is 0 Å². The van der Waals surface area contributed by atoms with Crippen molar-refractivity contribution >= 4 is 22.3 Å². The first-order valence-corrected chi connectivity index (χ1v) is 9.40. The van der Waals surface area contributed by atoms with Crippen LogP contribution in [0.1, 0.15) is 75.6 Å². The lowest BCUT2D eigenvalue weighted by atomic mass is 9.78. The molecule has 0 heteroatoms.